The first kappa shape index (κ1) is 20.2. The summed E-state index contributed by atoms with van der Waals surface area (Å²) in [6, 6.07) is 10.8. The molecule has 29 heavy (non-hydrogen) atoms. The molecule has 2 aliphatic heterocycles. The fraction of sp³-hybridized carbons (Fsp3) is 0.652. The van der Waals surface area contributed by atoms with Gasteiger partial charge in [-0.3, -0.25) is 9.79 Å². The number of rotatable bonds is 5. The van der Waals surface area contributed by atoms with Gasteiger partial charge in [0.2, 0.25) is 0 Å². The molecule has 3 fully saturated rings. The van der Waals surface area contributed by atoms with Crippen molar-refractivity contribution in [2.45, 2.75) is 50.5 Å². The molecule has 3 aliphatic rings. The number of carbonyl (C=O) groups is 1. The lowest BCUT2D eigenvalue weighted by atomic mass is 9.64. The molecule has 158 valence electrons. The highest BCUT2D eigenvalue weighted by atomic mass is 16.5. The molecular formula is C23H34N4O2. The van der Waals surface area contributed by atoms with Gasteiger partial charge >= 0.3 is 0 Å². The van der Waals surface area contributed by atoms with Gasteiger partial charge in [-0.15, -0.1) is 0 Å². The number of ether oxygens (including phenoxy) is 1. The molecule has 6 heteroatoms. The van der Waals surface area contributed by atoms with E-state index in [9.17, 15) is 4.79 Å². The summed E-state index contributed by atoms with van der Waals surface area (Å²) >= 11 is 0. The topological polar surface area (TPSA) is 57.2 Å². The molecule has 1 aromatic carbocycles. The van der Waals surface area contributed by atoms with E-state index in [0.29, 0.717) is 0 Å². The van der Waals surface area contributed by atoms with Crippen molar-refractivity contribution >= 4 is 11.9 Å². The molecular weight excluding hydrogens is 364 g/mol. The number of nitrogens with zero attached hydrogens (tertiary/aromatic N) is 3. The molecule has 1 atom stereocenters. The highest BCUT2D eigenvalue weighted by Crippen LogP contribution is 2.43. The van der Waals surface area contributed by atoms with Gasteiger partial charge in [-0.2, -0.15) is 0 Å². The minimum atomic E-state index is -0.215. The molecule has 0 spiro atoms. The number of hydrogen-bond donors (Lipinski definition) is 1. The van der Waals surface area contributed by atoms with Crippen LogP contribution in [0.15, 0.2) is 35.3 Å². The average Bonchev–Trinajstić information content (AvgIpc) is 3.27. The molecule has 2 saturated heterocycles. The van der Waals surface area contributed by atoms with Crippen LogP contribution in [-0.2, 0) is 14.9 Å². The smallest absolute Gasteiger partial charge is 0.251 e. The van der Waals surface area contributed by atoms with Gasteiger partial charge in [0.05, 0.1) is 6.54 Å². The lowest BCUT2D eigenvalue weighted by molar-refractivity contribution is -0.142. The van der Waals surface area contributed by atoms with Gasteiger partial charge in [0.15, 0.2) is 5.96 Å². The van der Waals surface area contributed by atoms with Crippen LogP contribution in [0.4, 0.5) is 0 Å². The van der Waals surface area contributed by atoms with Crippen molar-refractivity contribution in [1.82, 2.24) is 15.1 Å². The van der Waals surface area contributed by atoms with Gasteiger partial charge in [-0.1, -0.05) is 36.8 Å². The van der Waals surface area contributed by atoms with Crippen molar-refractivity contribution in [3.63, 3.8) is 0 Å². The second-order valence-electron chi connectivity index (χ2n) is 8.48. The number of hydrogen-bond acceptors (Lipinski definition) is 3. The normalized spacial score (nSPS) is 24.3. The van der Waals surface area contributed by atoms with Crippen LogP contribution in [0.25, 0.3) is 0 Å². The van der Waals surface area contributed by atoms with Crippen molar-refractivity contribution in [3.8, 4) is 0 Å². The Bertz CT molecular complexity index is 703. The number of benzene rings is 1. The lowest BCUT2D eigenvalue weighted by Crippen LogP contribution is -2.55. The number of amides is 1. The zero-order valence-electron chi connectivity index (χ0n) is 17.6. The van der Waals surface area contributed by atoms with E-state index in [0.717, 1.165) is 64.7 Å². The number of aliphatic imine (C=N–C) groups is 1. The predicted octanol–water partition coefficient (Wildman–Crippen LogP) is 2.40. The maximum Gasteiger partial charge on any atom is 0.251 e. The highest BCUT2D eigenvalue weighted by molar-refractivity contribution is 5.83. The Hall–Kier alpha value is -2.08. The zero-order valence-corrected chi connectivity index (χ0v) is 17.6. The highest BCUT2D eigenvalue weighted by Gasteiger charge is 2.38. The molecule has 1 amide bonds. The summed E-state index contributed by atoms with van der Waals surface area (Å²) in [5.41, 5.74) is 1.61. The standard InChI is InChI=1S/C23H34N4O2/c1-2-24-22(25-18-23(11-7-12-23)19-8-4-3-5-9-19)27-15-13-26(14-16-27)21(28)20-10-6-17-29-20/h3-5,8-9,20H,2,6-7,10-18H2,1H3,(H,24,25). The van der Waals surface area contributed by atoms with Crippen LogP contribution in [0, 0.1) is 0 Å². The summed E-state index contributed by atoms with van der Waals surface area (Å²) in [6.07, 6.45) is 5.35. The Kier molecular flexibility index (Phi) is 6.38. The van der Waals surface area contributed by atoms with Gasteiger partial charge in [0.25, 0.3) is 5.91 Å². The Morgan fingerprint density at radius 2 is 1.86 bits per heavy atom. The molecule has 1 N–H and O–H groups in total. The van der Waals surface area contributed by atoms with Gasteiger partial charge in [-0.05, 0) is 38.2 Å². The first-order valence-electron chi connectivity index (χ1n) is 11.2. The minimum absolute atomic E-state index is 0.168. The fourth-order valence-corrected chi connectivity index (χ4v) is 4.70. The molecule has 1 saturated carbocycles. The van der Waals surface area contributed by atoms with Crippen LogP contribution in [0.2, 0.25) is 0 Å². The van der Waals surface area contributed by atoms with Crippen LogP contribution in [0.3, 0.4) is 0 Å². The average molecular weight is 399 g/mol. The zero-order chi connectivity index (χ0) is 20.1. The van der Waals surface area contributed by atoms with Crippen molar-refractivity contribution in [2.75, 3.05) is 45.9 Å². The molecule has 4 rings (SSSR count). The van der Waals surface area contributed by atoms with Crippen LogP contribution in [-0.4, -0.2) is 73.6 Å². The molecule has 1 aliphatic carbocycles. The van der Waals surface area contributed by atoms with E-state index < -0.39 is 0 Å². The first-order chi connectivity index (χ1) is 14.2. The predicted molar refractivity (Wildman–Crippen MR) is 115 cm³/mol. The van der Waals surface area contributed by atoms with E-state index in [4.69, 9.17) is 9.73 Å². The van der Waals surface area contributed by atoms with Gasteiger partial charge in [0.1, 0.15) is 6.10 Å². The van der Waals surface area contributed by atoms with Crippen LogP contribution >= 0.6 is 0 Å². The molecule has 0 bridgehead atoms. The molecule has 1 aromatic rings. The van der Waals surface area contributed by atoms with Crippen LogP contribution < -0.4 is 5.32 Å². The monoisotopic (exact) mass is 398 g/mol. The molecule has 2 heterocycles. The second-order valence-corrected chi connectivity index (χ2v) is 8.48. The van der Waals surface area contributed by atoms with Crippen LogP contribution in [0.1, 0.15) is 44.6 Å². The Balaban J connectivity index is 1.38. The summed E-state index contributed by atoms with van der Waals surface area (Å²) in [5, 5.41) is 3.47. The van der Waals surface area contributed by atoms with Crippen molar-refractivity contribution in [3.05, 3.63) is 35.9 Å². The quantitative estimate of drug-likeness (QED) is 0.611. The summed E-state index contributed by atoms with van der Waals surface area (Å²) in [4.78, 5) is 21.9. The number of piperazine rings is 1. The summed E-state index contributed by atoms with van der Waals surface area (Å²) < 4.78 is 5.58. The number of guanidine groups is 1. The maximum absolute atomic E-state index is 12.6. The third-order valence-corrected chi connectivity index (χ3v) is 6.66. The van der Waals surface area contributed by atoms with Gasteiger partial charge in [0, 0.05) is 44.7 Å². The number of carbonyl (C=O) groups excluding carboxylic acids is 1. The molecule has 6 nitrogen and oxygen atoms in total. The van der Waals surface area contributed by atoms with E-state index in [1.165, 1.54) is 24.8 Å². The summed E-state index contributed by atoms with van der Waals surface area (Å²) in [5.74, 6) is 1.15. The van der Waals surface area contributed by atoms with Gasteiger partial charge < -0.3 is 19.9 Å². The van der Waals surface area contributed by atoms with E-state index >= 15 is 0 Å². The van der Waals surface area contributed by atoms with Crippen molar-refractivity contribution in [2.24, 2.45) is 4.99 Å². The van der Waals surface area contributed by atoms with Crippen molar-refractivity contribution in [1.29, 1.82) is 0 Å². The maximum atomic E-state index is 12.6. The van der Waals surface area contributed by atoms with Crippen molar-refractivity contribution < 1.29 is 9.53 Å². The third-order valence-electron chi connectivity index (χ3n) is 6.66. The van der Waals surface area contributed by atoms with E-state index in [1.54, 1.807) is 0 Å². The molecule has 0 radical (unpaired) electrons. The van der Waals surface area contributed by atoms with Crippen LogP contribution in [0.5, 0.6) is 0 Å². The SMILES string of the molecule is CCNC(=NCC1(c2ccccc2)CCC1)N1CCN(C(=O)C2CCCO2)CC1. The largest absolute Gasteiger partial charge is 0.368 e. The Morgan fingerprint density at radius 1 is 1.14 bits per heavy atom. The number of nitrogens with one attached hydrogen (secondary N) is 1. The summed E-state index contributed by atoms with van der Waals surface area (Å²) in [6.45, 7) is 7.64. The first-order valence-corrected chi connectivity index (χ1v) is 11.2. The van der Waals surface area contributed by atoms with E-state index in [2.05, 4.69) is 47.5 Å². The van der Waals surface area contributed by atoms with E-state index in [1.807, 2.05) is 4.90 Å². The Morgan fingerprint density at radius 3 is 2.45 bits per heavy atom. The Labute approximate surface area is 174 Å². The molecule has 0 aromatic heterocycles. The third kappa shape index (κ3) is 4.42. The van der Waals surface area contributed by atoms with Gasteiger partial charge in [-0.25, -0.2) is 0 Å². The lowest BCUT2D eigenvalue weighted by Gasteiger charge is -2.42. The second kappa shape index (κ2) is 9.16. The minimum Gasteiger partial charge on any atom is -0.368 e. The van der Waals surface area contributed by atoms with E-state index in [-0.39, 0.29) is 17.4 Å². The fourth-order valence-electron chi connectivity index (χ4n) is 4.70. The molecule has 1 unspecified atom stereocenters. The summed E-state index contributed by atoms with van der Waals surface area (Å²) in [7, 11) is 0.